The third kappa shape index (κ3) is 5.38. The molecule has 0 saturated carbocycles. The first-order valence-corrected chi connectivity index (χ1v) is 8.81. The van der Waals surface area contributed by atoms with Gasteiger partial charge in [0.25, 0.3) is 0 Å². The number of unbranched alkanes of at least 4 members (excludes halogenated alkanes) is 1. The minimum Gasteiger partial charge on any atom is -0.315 e. The second-order valence-corrected chi connectivity index (χ2v) is 7.37. The molecule has 6 heteroatoms. The number of halogens is 2. The predicted molar refractivity (Wildman–Crippen MR) is 80.5 cm³/mol. The topological polar surface area (TPSA) is 46.2 Å². The Hall–Kier alpha value is -0.650. The summed E-state index contributed by atoms with van der Waals surface area (Å²) >= 11 is 5.61. The van der Waals surface area contributed by atoms with E-state index in [2.05, 4.69) is 12.2 Å². The van der Waals surface area contributed by atoms with Crippen molar-refractivity contribution in [2.75, 3.05) is 12.3 Å². The summed E-state index contributed by atoms with van der Waals surface area (Å²) in [4.78, 5) is 0.0867. The maximum atomic E-state index is 13.0. The highest BCUT2D eigenvalue weighted by Crippen LogP contribution is 2.21. The van der Waals surface area contributed by atoms with Gasteiger partial charge in [-0.15, -0.1) is 0 Å². The number of hydrogen-bond acceptors (Lipinski definition) is 3. The van der Waals surface area contributed by atoms with E-state index < -0.39 is 15.7 Å². The Morgan fingerprint density at radius 1 is 1.35 bits per heavy atom. The van der Waals surface area contributed by atoms with E-state index in [1.165, 1.54) is 12.1 Å². The van der Waals surface area contributed by atoms with Gasteiger partial charge in [0.1, 0.15) is 5.82 Å². The van der Waals surface area contributed by atoms with E-state index in [4.69, 9.17) is 11.6 Å². The summed E-state index contributed by atoms with van der Waals surface area (Å²) in [6.45, 7) is 5.03. The SMILES string of the molecule is CCNC(C)CCCCS(=O)(=O)c1ccc(F)c(Cl)c1. The molecule has 1 rings (SSSR count). The lowest BCUT2D eigenvalue weighted by atomic mass is 10.1. The maximum absolute atomic E-state index is 13.0. The van der Waals surface area contributed by atoms with Crippen LogP contribution >= 0.6 is 11.6 Å². The van der Waals surface area contributed by atoms with Crippen molar-refractivity contribution in [2.45, 2.75) is 44.0 Å². The molecule has 1 N–H and O–H groups in total. The lowest BCUT2D eigenvalue weighted by molar-refractivity contribution is 0.507. The molecule has 0 aliphatic heterocycles. The molecule has 20 heavy (non-hydrogen) atoms. The molecule has 1 aromatic carbocycles. The molecule has 0 aromatic heterocycles. The second kappa shape index (κ2) is 7.96. The molecule has 0 saturated heterocycles. The van der Waals surface area contributed by atoms with Crippen LogP contribution in [-0.4, -0.2) is 26.8 Å². The van der Waals surface area contributed by atoms with Crippen LogP contribution in [0.1, 0.15) is 33.1 Å². The summed E-state index contributed by atoms with van der Waals surface area (Å²) in [6.07, 6.45) is 2.36. The van der Waals surface area contributed by atoms with Crippen molar-refractivity contribution in [3.8, 4) is 0 Å². The monoisotopic (exact) mass is 321 g/mol. The van der Waals surface area contributed by atoms with Crippen LogP contribution < -0.4 is 5.32 Å². The van der Waals surface area contributed by atoms with E-state index in [0.29, 0.717) is 12.5 Å². The van der Waals surface area contributed by atoms with Crippen LogP contribution in [-0.2, 0) is 9.84 Å². The molecule has 0 heterocycles. The van der Waals surface area contributed by atoms with Crippen molar-refractivity contribution in [1.29, 1.82) is 0 Å². The fraction of sp³-hybridized carbons (Fsp3) is 0.571. The van der Waals surface area contributed by atoms with Crippen LogP contribution in [0.5, 0.6) is 0 Å². The summed E-state index contributed by atoms with van der Waals surface area (Å²) in [5, 5.41) is 3.12. The maximum Gasteiger partial charge on any atom is 0.178 e. The first-order valence-electron chi connectivity index (χ1n) is 6.78. The fourth-order valence-electron chi connectivity index (χ4n) is 1.98. The average molecular weight is 322 g/mol. The van der Waals surface area contributed by atoms with Crippen molar-refractivity contribution in [1.82, 2.24) is 5.32 Å². The summed E-state index contributed by atoms with van der Waals surface area (Å²) in [6, 6.07) is 3.91. The molecule has 3 nitrogen and oxygen atoms in total. The molecule has 0 fully saturated rings. The van der Waals surface area contributed by atoms with Crippen LogP contribution in [0.2, 0.25) is 5.02 Å². The van der Waals surface area contributed by atoms with E-state index in [-0.39, 0.29) is 15.7 Å². The molecule has 0 bridgehead atoms. The van der Waals surface area contributed by atoms with E-state index >= 15 is 0 Å². The molecule has 0 aliphatic rings. The zero-order chi connectivity index (χ0) is 15.2. The van der Waals surface area contributed by atoms with Crippen LogP contribution in [0, 0.1) is 5.82 Å². The quantitative estimate of drug-likeness (QED) is 0.589. The van der Waals surface area contributed by atoms with Crippen LogP contribution in [0.25, 0.3) is 0 Å². The highest BCUT2D eigenvalue weighted by atomic mass is 35.5. The zero-order valence-electron chi connectivity index (χ0n) is 11.8. The largest absolute Gasteiger partial charge is 0.315 e. The third-order valence-electron chi connectivity index (χ3n) is 3.10. The molecule has 0 amide bonds. The van der Waals surface area contributed by atoms with Gasteiger partial charge >= 0.3 is 0 Å². The summed E-state index contributed by atoms with van der Waals surface area (Å²) < 4.78 is 37.2. The lowest BCUT2D eigenvalue weighted by Crippen LogP contribution is -2.25. The zero-order valence-corrected chi connectivity index (χ0v) is 13.4. The molecule has 1 atom stereocenters. The van der Waals surface area contributed by atoms with Crippen molar-refractivity contribution >= 4 is 21.4 Å². The average Bonchev–Trinajstić information content (AvgIpc) is 2.38. The van der Waals surface area contributed by atoms with Crippen molar-refractivity contribution < 1.29 is 12.8 Å². The molecule has 1 aromatic rings. The van der Waals surface area contributed by atoms with E-state index in [9.17, 15) is 12.8 Å². The van der Waals surface area contributed by atoms with Gasteiger partial charge in [-0.05, 0) is 44.5 Å². The van der Waals surface area contributed by atoms with Gasteiger partial charge in [0, 0.05) is 6.04 Å². The fourth-order valence-corrected chi connectivity index (χ4v) is 3.62. The Morgan fingerprint density at radius 2 is 2.05 bits per heavy atom. The standard InChI is InChI=1S/C14H21ClFNO2S/c1-3-17-11(2)6-4-5-9-20(18,19)12-7-8-14(16)13(15)10-12/h7-8,10-11,17H,3-6,9H2,1-2H3. The predicted octanol–water partition coefficient (Wildman–Crippen LogP) is 3.42. The van der Waals surface area contributed by atoms with Gasteiger partial charge in [0.15, 0.2) is 9.84 Å². The number of sulfone groups is 1. The summed E-state index contributed by atoms with van der Waals surface area (Å²) in [5.74, 6) is -0.543. The number of nitrogens with one attached hydrogen (secondary N) is 1. The van der Waals surface area contributed by atoms with Gasteiger partial charge < -0.3 is 5.32 Å². The van der Waals surface area contributed by atoms with E-state index in [1.807, 2.05) is 6.92 Å². The molecule has 0 radical (unpaired) electrons. The third-order valence-corrected chi connectivity index (χ3v) is 5.19. The van der Waals surface area contributed by atoms with Gasteiger partial charge in [-0.1, -0.05) is 24.9 Å². The molecule has 0 aliphatic carbocycles. The smallest absolute Gasteiger partial charge is 0.178 e. The van der Waals surface area contributed by atoms with Gasteiger partial charge in [0.05, 0.1) is 15.7 Å². The molecular formula is C14H21ClFNO2S. The lowest BCUT2D eigenvalue weighted by Gasteiger charge is -2.11. The van der Waals surface area contributed by atoms with E-state index in [0.717, 1.165) is 25.5 Å². The summed E-state index contributed by atoms with van der Waals surface area (Å²) in [5.41, 5.74) is 0. The molecular weight excluding hydrogens is 301 g/mol. The Kier molecular flexibility index (Phi) is 6.92. The van der Waals surface area contributed by atoms with Crippen molar-refractivity contribution in [3.63, 3.8) is 0 Å². The van der Waals surface area contributed by atoms with Crippen LogP contribution in [0.4, 0.5) is 4.39 Å². The minimum absolute atomic E-state index is 0.0633. The molecule has 0 spiro atoms. The van der Waals surface area contributed by atoms with Gasteiger partial charge in [0.2, 0.25) is 0 Å². The van der Waals surface area contributed by atoms with Gasteiger partial charge in [-0.25, -0.2) is 12.8 Å². The normalized spacial score (nSPS) is 13.4. The van der Waals surface area contributed by atoms with Crippen LogP contribution in [0.3, 0.4) is 0 Å². The highest BCUT2D eigenvalue weighted by molar-refractivity contribution is 7.91. The first kappa shape index (κ1) is 17.4. The van der Waals surface area contributed by atoms with Gasteiger partial charge in [-0.3, -0.25) is 0 Å². The number of benzene rings is 1. The Balaban J connectivity index is 2.51. The number of hydrogen-bond donors (Lipinski definition) is 1. The molecule has 1 unspecified atom stereocenters. The van der Waals surface area contributed by atoms with Crippen molar-refractivity contribution in [3.05, 3.63) is 29.0 Å². The van der Waals surface area contributed by atoms with Crippen molar-refractivity contribution in [2.24, 2.45) is 0 Å². The number of rotatable bonds is 8. The second-order valence-electron chi connectivity index (χ2n) is 4.85. The van der Waals surface area contributed by atoms with Gasteiger partial charge in [-0.2, -0.15) is 0 Å². The summed E-state index contributed by atoms with van der Waals surface area (Å²) in [7, 11) is -3.38. The Labute approximate surface area is 125 Å². The van der Waals surface area contributed by atoms with E-state index in [1.54, 1.807) is 0 Å². The Morgan fingerprint density at radius 3 is 2.65 bits per heavy atom. The first-order chi connectivity index (χ1) is 9.36. The van der Waals surface area contributed by atoms with Crippen LogP contribution in [0.15, 0.2) is 23.1 Å². The highest BCUT2D eigenvalue weighted by Gasteiger charge is 2.16. The minimum atomic E-state index is -3.38. The molecule has 114 valence electrons. The Bertz CT molecular complexity index is 534.